The first kappa shape index (κ1) is 20.4. The van der Waals surface area contributed by atoms with Crippen LogP contribution in [0, 0.1) is 0 Å². The van der Waals surface area contributed by atoms with Gasteiger partial charge in [-0.25, -0.2) is 4.98 Å². The number of aliphatic imine (C=N–C) groups is 1. The number of nitrogens with zero attached hydrogens (tertiary/aromatic N) is 5. The van der Waals surface area contributed by atoms with Crippen molar-refractivity contribution in [1.29, 1.82) is 0 Å². The molecule has 27 heavy (non-hydrogen) atoms. The van der Waals surface area contributed by atoms with E-state index in [4.69, 9.17) is 0 Å². The Morgan fingerprint density at radius 1 is 1.22 bits per heavy atom. The van der Waals surface area contributed by atoms with Crippen molar-refractivity contribution >= 4 is 35.0 Å². The SMILES string of the molecule is CN=C(NCCCSc1nccs1)N1CCN(CC(=O)N2CCCC2)CC1. The molecule has 0 unspecified atom stereocenters. The van der Waals surface area contributed by atoms with Gasteiger partial charge in [-0.15, -0.1) is 11.3 Å². The molecule has 0 aromatic carbocycles. The van der Waals surface area contributed by atoms with E-state index in [9.17, 15) is 4.79 Å². The van der Waals surface area contributed by atoms with Gasteiger partial charge >= 0.3 is 0 Å². The van der Waals surface area contributed by atoms with Gasteiger partial charge in [0.25, 0.3) is 0 Å². The standard InChI is InChI=1S/C18H30N6OS2/c1-19-17(20-5-4-13-26-18-21-6-14-27-18)24-11-9-22(10-12-24)15-16(25)23-7-2-3-8-23/h6,14H,2-5,7-13,15H2,1H3,(H,19,20). The van der Waals surface area contributed by atoms with Crippen molar-refractivity contribution in [3.63, 3.8) is 0 Å². The molecular weight excluding hydrogens is 380 g/mol. The van der Waals surface area contributed by atoms with Crippen molar-refractivity contribution < 1.29 is 4.79 Å². The molecule has 7 nitrogen and oxygen atoms in total. The van der Waals surface area contributed by atoms with Crippen LogP contribution in [0.25, 0.3) is 0 Å². The molecular formula is C18H30N6OS2. The van der Waals surface area contributed by atoms with E-state index in [0.717, 1.165) is 81.1 Å². The van der Waals surface area contributed by atoms with Crippen molar-refractivity contribution in [2.24, 2.45) is 4.99 Å². The van der Waals surface area contributed by atoms with Crippen molar-refractivity contribution in [2.45, 2.75) is 23.6 Å². The van der Waals surface area contributed by atoms with Gasteiger partial charge in [0.2, 0.25) is 5.91 Å². The van der Waals surface area contributed by atoms with E-state index < -0.39 is 0 Å². The summed E-state index contributed by atoms with van der Waals surface area (Å²) >= 11 is 3.50. The molecule has 1 aromatic rings. The maximum atomic E-state index is 12.3. The molecule has 1 aromatic heterocycles. The summed E-state index contributed by atoms with van der Waals surface area (Å²) in [5, 5.41) is 5.49. The predicted molar refractivity (Wildman–Crippen MR) is 113 cm³/mol. The number of thiazole rings is 1. The fourth-order valence-electron chi connectivity index (χ4n) is 3.42. The van der Waals surface area contributed by atoms with Crippen molar-refractivity contribution in [2.75, 3.05) is 65.2 Å². The molecule has 3 rings (SSSR count). The second-order valence-corrected chi connectivity index (χ2v) is 9.06. The Kier molecular flexibility index (Phi) is 8.22. The van der Waals surface area contributed by atoms with E-state index in [1.54, 1.807) is 11.3 Å². The van der Waals surface area contributed by atoms with E-state index in [1.165, 1.54) is 0 Å². The Hall–Kier alpha value is -1.32. The number of carbonyl (C=O) groups is 1. The largest absolute Gasteiger partial charge is 0.356 e. The Bertz CT molecular complexity index is 595. The lowest BCUT2D eigenvalue weighted by Crippen LogP contribution is -2.54. The second kappa shape index (κ2) is 10.9. The normalized spacial score (nSPS) is 18.9. The van der Waals surface area contributed by atoms with Crippen LogP contribution in [0.15, 0.2) is 20.9 Å². The van der Waals surface area contributed by atoms with Crippen molar-refractivity contribution in [3.8, 4) is 0 Å². The molecule has 2 fully saturated rings. The number of likely N-dealkylation sites (tertiary alicyclic amines) is 1. The molecule has 0 radical (unpaired) electrons. The maximum Gasteiger partial charge on any atom is 0.236 e. The van der Waals surface area contributed by atoms with E-state index in [0.29, 0.717) is 12.5 Å². The van der Waals surface area contributed by atoms with E-state index >= 15 is 0 Å². The molecule has 2 aliphatic heterocycles. The Balaban J connectivity index is 1.31. The van der Waals surface area contributed by atoms with Crippen LogP contribution in [0.4, 0.5) is 0 Å². The first-order valence-corrected chi connectivity index (χ1v) is 11.6. The zero-order valence-electron chi connectivity index (χ0n) is 16.1. The van der Waals surface area contributed by atoms with Gasteiger partial charge < -0.3 is 15.1 Å². The third kappa shape index (κ3) is 6.36. The van der Waals surface area contributed by atoms with Crippen LogP contribution in [0.1, 0.15) is 19.3 Å². The zero-order valence-corrected chi connectivity index (χ0v) is 17.7. The van der Waals surface area contributed by atoms with Crippen LogP contribution in [0.5, 0.6) is 0 Å². The molecule has 3 heterocycles. The van der Waals surface area contributed by atoms with Gasteiger partial charge in [-0.05, 0) is 19.3 Å². The number of carbonyl (C=O) groups excluding carboxylic acids is 1. The summed E-state index contributed by atoms with van der Waals surface area (Å²) in [6.07, 6.45) is 5.24. The van der Waals surface area contributed by atoms with Crippen LogP contribution in [0.2, 0.25) is 0 Å². The van der Waals surface area contributed by atoms with Gasteiger partial charge in [0, 0.05) is 70.2 Å². The highest BCUT2D eigenvalue weighted by molar-refractivity contribution is 8.00. The number of piperazine rings is 1. The van der Waals surface area contributed by atoms with Gasteiger partial charge in [-0.1, -0.05) is 11.8 Å². The topological polar surface area (TPSA) is 64.1 Å². The number of rotatable bonds is 7. The number of amides is 1. The third-order valence-electron chi connectivity index (χ3n) is 4.94. The molecule has 0 spiro atoms. The Morgan fingerprint density at radius 2 is 2.00 bits per heavy atom. The third-order valence-corrected chi connectivity index (χ3v) is 6.99. The number of guanidine groups is 1. The summed E-state index contributed by atoms with van der Waals surface area (Å²) in [7, 11) is 1.84. The lowest BCUT2D eigenvalue weighted by atomic mass is 10.3. The molecule has 2 saturated heterocycles. The monoisotopic (exact) mass is 410 g/mol. The van der Waals surface area contributed by atoms with Gasteiger partial charge in [0.15, 0.2) is 5.96 Å². The van der Waals surface area contributed by atoms with Crippen molar-refractivity contribution in [3.05, 3.63) is 11.6 Å². The molecule has 0 aliphatic carbocycles. The summed E-state index contributed by atoms with van der Waals surface area (Å²) in [6, 6.07) is 0. The number of thioether (sulfide) groups is 1. The minimum atomic E-state index is 0.293. The minimum absolute atomic E-state index is 0.293. The summed E-state index contributed by atoms with van der Waals surface area (Å²) in [5.74, 6) is 2.32. The average Bonchev–Trinajstić information content (AvgIpc) is 3.39. The van der Waals surface area contributed by atoms with Gasteiger partial charge in [-0.3, -0.25) is 14.7 Å². The fraction of sp³-hybridized carbons (Fsp3) is 0.722. The molecule has 150 valence electrons. The first-order chi connectivity index (χ1) is 13.3. The zero-order chi connectivity index (χ0) is 18.9. The van der Waals surface area contributed by atoms with Crippen LogP contribution >= 0.6 is 23.1 Å². The summed E-state index contributed by atoms with van der Waals surface area (Å²) < 4.78 is 1.14. The van der Waals surface area contributed by atoms with E-state index in [-0.39, 0.29) is 0 Å². The van der Waals surface area contributed by atoms with Crippen LogP contribution in [-0.2, 0) is 4.79 Å². The summed E-state index contributed by atoms with van der Waals surface area (Å²) in [4.78, 5) is 27.6. The van der Waals surface area contributed by atoms with Gasteiger partial charge in [-0.2, -0.15) is 0 Å². The molecule has 2 aliphatic rings. The second-order valence-electron chi connectivity index (χ2n) is 6.83. The smallest absolute Gasteiger partial charge is 0.236 e. The lowest BCUT2D eigenvalue weighted by Gasteiger charge is -2.36. The van der Waals surface area contributed by atoms with Gasteiger partial charge in [0.1, 0.15) is 4.34 Å². The van der Waals surface area contributed by atoms with Gasteiger partial charge in [0.05, 0.1) is 6.54 Å². The quantitative estimate of drug-likeness (QED) is 0.318. The highest BCUT2D eigenvalue weighted by atomic mass is 32.2. The minimum Gasteiger partial charge on any atom is -0.356 e. The fourth-order valence-corrected chi connectivity index (χ4v) is 5.07. The Labute approximate surface area is 170 Å². The van der Waals surface area contributed by atoms with Crippen LogP contribution < -0.4 is 5.32 Å². The highest BCUT2D eigenvalue weighted by Crippen LogP contribution is 2.20. The first-order valence-electron chi connectivity index (χ1n) is 9.74. The molecule has 9 heteroatoms. The Morgan fingerprint density at radius 3 is 2.67 bits per heavy atom. The van der Waals surface area contributed by atoms with Crippen LogP contribution in [0.3, 0.4) is 0 Å². The van der Waals surface area contributed by atoms with Crippen LogP contribution in [-0.4, -0.2) is 96.7 Å². The predicted octanol–water partition coefficient (Wildman–Crippen LogP) is 1.44. The highest BCUT2D eigenvalue weighted by Gasteiger charge is 2.24. The molecule has 0 bridgehead atoms. The molecule has 1 amide bonds. The number of hydrogen-bond acceptors (Lipinski definition) is 6. The number of hydrogen-bond donors (Lipinski definition) is 1. The number of aromatic nitrogens is 1. The average molecular weight is 411 g/mol. The maximum absolute atomic E-state index is 12.3. The van der Waals surface area contributed by atoms with E-state index in [2.05, 4.69) is 25.1 Å². The molecule has 1 N–H and O–H groups in total. The molecule has 0 atom stereocenters. The van der Waals surface area contributed by atoms with E-state index in [1.807, 2.05) is 35.3 Å². The van der Waals surface area contributed by atoms with Crippen molar-refractivity contribution in [1.82, 2.24) is 25.0 Å². The molecule has 0 saturated carbocycles. The number of nitrogens with one attached hydrogen (secondary N) is 1. The summed E-state index contributed by atoms with van der Waals surface area (Å²) in [5.41, 5.74) is 0. The lowest BCUT2D eigenvalue weighted by molar-refractivity contribution is -0.131. The summed E-state index contributed by atoms with van der Waals surface area (Å²) in [6.45, 7) is 7.03.